The van der Waals surface area contributed by atoms with Crippen molar-refractivity contribution in [2.24, 2.45) is 5.92 Å². The van der Waals surface area contributed by atoms with Crippen LogP contribution in [0.4, 0.5) is 0 Å². The molecular formula is C15H20O. The Labute approximate surface area is 97.8 Å². The van der Waals surface area contributed by atoms with Gasteiger partial charge in [-0.25, -0.2) is 0 Å². The first-order valence-corrected chi connectivity index (χ1v) is 6.41. The van der Waals surface area contributed by atoms with E-state index in [9.17, 15) is 0 Å². The molecule has 0 spiro atoms. The average Bonchev–Trinajstić information content (AvgIpc) is 2.64. The van der Waals surface area contributed by atoms with Crippen molar-refractivity contribution in [2.75, 3.05) is 0 Å². The Morgan fingerprint density at radius 1 is 1.25 bits per heavy atom. The van der Waals surface area contributed by atoms with E-state index < -0.39 is 0 Å². The van der Waals surface area contributed by atoms with E-state index >= 15 is 0 Å². The number of hydrogen-bond donors (Lipinski definition) is 0. The molecule has 0 radical (unpaired) electrons. The molecule has 2 heterocycles. The van der Waals surface area contributed by atoms with E-state index in [1.807, 2.05) is 0 Å². The van der Waals surface area contributed by atoms with Crippen molar-refractivity contribution >= 4 is 0 Å². The maximum absolute atomic E-state index is 6.15. The van der Waals surface area contributed by atoms with Crippen molar-refractivity contribution in [1.29, 1.82) is 0 Å². The maximum atomic E-state index is 6.15. The van der Waals surface area contributed by atoms with Gasteiger partial charge in [-0.05, 0) is 43.6 Å². The number of rotatable bonds is 1. The highest BCUT2D eigenvalue weighted by atomic mass is 16.5. The molecule has 1 aromatic rings. The second-order valence-electron chi connectivity index (χ2n) is 5.73. The minimum absolute atomic E-state index is 0.150. The van der Waals surface area contributed by atoms with E-state index in [1.54, 1.807) is 0 Å². The number of hydrogen-bond acceptors (Lipinski definition) is 1. The summed E-state index contributed by atoms with van der Waals surface area (Å²) < 4.78 is 6.15. The summed E-state index contributed by atoms with van der Waals surface area (Å²) in [7, 11) is 0. The summed E-state index contributed by atoms with van der Waals surface area (Å²) >= 11 is 0. The van der Waals surface area contributed by atoms with Gasteiger partial charge in [0.1, 0.15) is 0 Å². The first kappa shape index (κ1) is 10.3. The van der Waals surface area contributed by atoms with Gasteiger partial charge < -0.3 is 4.74 Å². The minimum atomic E-state index is 0.150. The van der Waals surface area contributed by atoms with Gasteiger partial charge in [-0.2, -0.15) is 0 Å². The van der Waals surface area contributed by atoms with Crippen molar-refractivity contribution in [3.63, 3.8) is 0 Å². The standard InChI is InChI=1S/C15H20O/c1-11-13(12-6-4-3-5-7-12)10-15(2)9-8-14(11)16-15/h3-7,11,13-14H,8-10H2,1-2H3/t11-,13+,14+,15-/m0/s1. The lowest BCUT2D eigenvalue weighted by Crippen LogP contribution is -2.38. The Hall–Kier alpha value is -0.820. The van der Waals surface area contributed by atoms with Gasteiger partial charge in [0.15, 0.2) is 0 Å². The van der Waals surface area contributed by atoms with Gasteiger partial charge in [-0.1, -0.05) is 37.3 Å². The zero-order chi connectivity index (χ0) is 11.2. The molecule has 2 aliphatic rings. The molecule has 1 heteroatoms. The van der Waals surface area contributed by atoms with Crippen LogP contribution in [-0.4, -0.2) is 11.7 Å². The first-order chi connectivity index (χ1) is 7.68. The van der Waals surface area contributed by atoms with Gasteiger partial charge in [0.25, 0.3) is 0 Å². The molecule has 4 atom stereocenters. The molecule has 0 amide bonds. The lowest BCUT2D eigenvalue weighted by Gasteiger charge is -2.40. The second kappa shape index (κ2) is 3.59. The fourth-order valence-electron chi connectivity index (χ4n) is 3.48. The predicted octanol–water partition coefficient (Wildman–Crippen LogP) is 3.75. The minimum Gasteiger partial charge on any atom is -0.372 e. The zero-order valence-corrected chi connectivity index (χ0v) is 10.1. The number of fused-ring (bicyclic) bond motifs is 2. The van der Waals surface area contributed by atoms with Crippen LogP contribution in [0.25, 0.3) is 0 Å². The van der Waals surface area contributed by atoms with Gasteiger partial charge in [0.05, 0.1) is 11.7 Å². The molecule has 1 aromatic carbocycles. The van der Waals surface area contributed by atoms with E-state index in [4.69, 9.17) is 4.74 Å². The molecule has 2 fully saturated rings. The second-order valence-corrected chi connectivity index (χ2v) is 5.73. The largest absolute Gasteiger partial charge is 0.372 e. The molecule has 0 saturated carbocycles. The molecule has 0 unspecified atom stereocenters. The number of ether oxygens (including phenoxy) is 1. The van der Waals surface area contributed by atoms with Gasteiger partial charge in [0.2, 0.25) is 0 Å². The Balaban J connectivity index is 1.91. The van der Waals surface area contributed by atoms with Crippen molar-refractivity contribution in [3.8, 4) is 0 Å². The van der Waals surface area contributed by atoms with Crippen LogP contribution in [0.5, 0.6) is 0 Å². The topological polar surface area (TPSA) is 9.23 Å². The van der Waals surface area contributed by atoms with Crippen LogP contribution in [0, 0.1) is 5.92 Å². The summed E-state index contributed by atoms with van der Waals surface area (Å²) in [5.74, 6) is 1.35. The smallest absolute Gasteiger partial charge is 0.0665 e. The molecule has 0 aromatic heterocycles. The van der Waals surface area contributed by atoms with Crippen molar-refractivity contribution in [1.82, 2.24) is 0 Å². The van der Waals surface area contributed by atoms with Crippen LogP contribution in [0.3, 0.4) is 0 Å². The Morgan fingerprint density at radius 3 is 2.75 bits per heavy atom. The number of benzene rings is 1. The summed E-state index contributed by atoms with van der Waals surface area (Å²) in [5.41, 5.74) is 1.65. The maximum Gasteiger partial charge on any atom is 0.0665 e. The van der Waals surface area contributed by atoms with Crippen molar-refractivity contribution < 1.29 is 4.74 Å². The molecule has 0 N–H and O–H groups in total. The van der Waals surface area contributed by atoms with Gasteiger partial charge in [-0.15, -0.1) is 0 Å². The van der Waals surface area contributed by atoms with Gasteiger partial charge in [-0.3, -0.25) is 0 Å². The van der Waals surface area contributed by atoms with Gasteiger partial charge in [0, 0.05) is 0 Å². The van der Waals surface area contributed by atoms with Crippen LogP contribution in [-0.2, 0) is 4.74 Å². The lowest BCUT2D eigenvalue weighted by molar-refractivity contribution is -0.0984. The summed E-state index contributed by atoms with van der Waals surface area (Å²) in [5, 5.41) is 0. The highest BCUT2D eigenvalue weighted by Gasteiger charge is 2.47. The molecule has 86 valence electrons. The summed E-state index contributed by atoms with van der Waals surface area (Å²) in [6.07, 6.45) is 4.17. The van der Waals surface area contributed by atoms with Crippen LogP contribution in [0.15, 0.2) is 30.3 Å². The van der Waals surface area contributed by atoms with Crippen LogP contribution < -0.4 is 0 Å². The SMILES string of the molecule is C[C@@H]1[C@H]2CC[C@@](C)(C[C@H]1c1ccccc1)O2. The van der Waals surface area contributed by atoms with Crippen LogP contribution >= 0.6 is 0 Å². The fraction of sp³-hybridized carbons (Fsp3) is 0.600. The van der Waals surface area contributed by atoms with Gasteiger partial charge >= 0.3 is 0 Å². The molecule has 1 nitrogen and oxygen atoms in total. The van der Waals surface area contributed by atoms with E-state index in [-0.39, 0.29) is 5.60 Å². The zero-order valence-electron chi connectivity index (χ0n) is 10.1. The normalized spacial score (nSPS) is 42.2. The highest BCUT2D eigenvalue weighted by molar-refractivity contribution is 5.23. The monoisotopic (exact) mass is 216 g/mol. The highest BCUT2D eigenvalue weighted by Crippen LogP contribution is 2.50. The van der Waals surface area contributed by atoms with E-state index in [1.165, 1.54) is 24.8 Å². The third kappa shape index (κ3) is 1.58. The molecule has 2 saturated heterocycles. The third-order valence-electron chi connectivity index (χ3n) is 4.49. The van der Waals surface area contributed by atoms with E-state index in [0.717, 1.165) is 0 Å². The Kier molecular flexibility index (Phi) is 2.32. The molecule has 2 aliphatic heterocycles. The predicted molar refractivity (Wildman–Crippen MR) is 65.5 cm³/mol. The molecular weight excluding hydrogens is 196 g/mol. The fourth-order valence-corrected chi connectivity index (χ4v) is 3.48. The van der Waals surface area contributed by atoms with E-state index in [0.29, 0.717) is 17.9 Å². The third-order valence-corrected chi connectivity index (χ3v) is 4.49. The summed E-state index contributed by atoms with van der Waals surface area (Å²) in [6, 6.07) is 11.0. The summed E-state index contributed by atoms with van der Waals surface area (Å²) in [4.78, 5) is 0. The van der Waals surface area contributed by atoms with Crippen molar-refractivity contribution in [2.45, 2.75) is 50.7 Å². The van der Waals surface area contributed by atoms with Crippen LogP contribution in [0.1, 0.15) is 44.6 Å². The van der Waals surface area contributed by atoms with E-state index in [2.05, 4.69) is 44.2 Å². The first-order valence-electron chi connectivity index (χ1n) is 6.41. The molecule has 16 heavy (non-hydrogen) atoms. The molecule has 0 aliphatic carbocycles. The Bertz CT molecular complexity index is 372. The summed E-state index contributed by atoms with van der Waals surface area (Å²) in [6.45, 7) is 4.64. The molecule has 3 rings (SSSR count). The quantitative estimate of drug-likeness (QED) is 0.694. The van der Waals surface area contributed by atoms with Crippen LogP contribution in [0.2, 0.25) is 0 Å². The average molecular weight is 216 g/mol. The lowest BCUT2D eigenvalue weighted by atomic mass is 9.77. The Morgan fingerprint density at radius 2 is 2.00 bits per heavy atom. The molecule has 2 bridgehead atoms. The van der Waals surface area contributed by atoms with Crippen molar-refractivity contribution in [3.05, 3.63) is 35.9 Å².